The molecule has 4 unspecified atom stereocenters. The molecule has 4 rings (SSSR count). The molecule has 2 aliphatic heterocycles. The molecular weight excluding hydrogens is 523 g/mol. The van der Waals surface area contributed by atoms with E-state index in [0.717, 1.165) is 61.9 Å². The molecule has 0 aromatic heterocycles. The van der Waals surface area contributed by atoms with Crippen molar-refractivity contribution in [2.24, 2.45) is 0 Å². The summed E-state index contributed by atoms with van der Waals surface area (Å²) in [4.78, 5) is 4.89. The maximum absolute atomic E-state index is 6.78. The van der Waals surface area contributed by atoms with Gasteiger partial charge in [0.15, 0.2) is 0 Å². The second kappa shape index (κ2) is 15.0. The molecule has 216 valence electrons. The first-order valence-electron chi connectivity index (χ1n) is 15.6. The first-order chi connectivity index (χ1) is 18.9. The van der Waals surface area contributed by atoms with Crippen molar-refractivity contribution in [3.05, 3.63) is 57.6 Å². The Bertz CT molecular complexity index is 950. The number of hydrogen-bond donors (Lipinski definition) is 0. The van der Waals surface area contributed by atoms with Gasteiger partial charge >= 0.3 is 0 Å². The third-order valence-electron chi connectivity index (χ3n) is 9.00. The predicted molar refractivity (Wildman–Crippen MR) is 170 cm³/mol. The number of piperidine rings is 2. The van der Waals surface area contributed by atoms with Crippen LogP contribution >= 0.6 is 23.2 Å². The van der Waals surface area contributed by atoms with E-state index in [-0.39, 0.29) is 12.2 Å². The third kappa shape index (κ3) is 8.30. The van der Waals surface area contributed by atoms with Crippen molar-refractivity contribution in [3.8, 4) is 0 Å². The zero-order valence-electron chi connectivity index (χ0n) is 24.7. The summed E-state index contributed by atoms with van der Waals surface area (Å²) in [5.41, 5.74) is 5.01. The molecule has 0 amide bonds. The smallest absolute Gasteiger partial charge is 0.0642 e. The van der Waals surface area contributed by atoms with Crippen LogP contribution in [0, 0.1) is 0 Å². The van der Waals surface area contributed by atoms with E-state index in [4.69, 9.17) is 27.9 Å². The van der Waals surface area contributed by atoms with Crippen LogP contribution in [0.25, 0.3) is 0 Å². The molecule has 2 aromatic rings. The number of rotatable bonds is 12. The van der Waals surface area contributed by atoms with Crippen LogP contribution in [-0.2, 0) is 4.74 Å². The lowest BCUT2D eigenvalue weighted by Crippen LogP contribution is -2.29. The maximum atomic E-state index is 6.78. The van der Waals surface area contributed by atoms with Crippen LogP contribution in [0.4, 0.5) is 11.4 Å². The molecule has 2 aromatic carbocycles. The number of nitrogens with zero attached hydrogens (tertiary/aromatic N) is 2. The monoisotopic (exact) mass is 572 g/mol. The molecular formula is C34H50Cl2N2O. The van der Waals surface area contributed by atoms with E-state index in [1.807, 2.05) is 0 Å². The summed E-state index contributed by atoms with van der Waals surface area (Å²) >= 11 is 13.6. The summed E-state index contributed by atoms with van der Waals surface area (Å²) in [7, 11) is 0. The molecule has 0 radical (unpaired) electrons. The molecule has 2 aliphatic rings. The van der Waals surface area contributed by atoms with Crippen LogP contribution in [0.5, 0.6) is 0 Å². The zero-order chi connectivity index (χ0) is 27.8. The van der Waals surface area contributed by atoms with Crippen LogP contribution in [0.15, 0.2) is 36.4 Å². The molecule has 2 fully saturated rings. The van der Waals surface area contributed by atoms with Crippen molar-refractivity contribution in [1.82, 2.24) is 0 Å². The molecule has 0 aliphatic carbocycles. The fourth-order valence-corrected chi connectivity index (χ4v) is 7.03. The molecule has 0 saturated carbocycles. The first kappa shape index (κ1) is 30.5. The Hall–Kier alpha value is -1.42. The van der Waals surface area contributed by atoms with Gasteiger partial charge in [0.1, 0.15) is 0 Å². The van der Waals surface area contributed by atoms with Crippen molar-refractivity contribution in [3.63, 3.8) is 0 Å². The summed E-state index contributed by atoms with van der Waals surface area (Å²) in [6.07, 6.45) is 12.2. The minimum Gasteiger partial charge on any atom is -0.375 e. The molecule has 2 saturated heterocycles. The van der Waals surface area contributed by atoms with E-state index >= 15 is 0 Å². The van der Waals surface area contributed by atoms with Gasteiger partial charge in [-0.2, -0.15) is 0 Å². The fourth-order valence-electron chi connectivity index (χ4n) is 6.41. The normalized spacial score (nSPS) is 19.5. The van der Waals surface area contributed by atoms with Crippen molar-refractivity contribution in [1.29, 1.82) is 0 Å². The highest BCUT2D eigenvalue weighted by molar-refractivity contribution is 6.33. The molecule has 4 atom stereocenters. The molecule has 0 N–H and O–H groups in total. The summed E-state index contributed by atoms with van der Waals surface area (Å²) in [5.74, 6) is 0.804. The highest BCUT2D eigenvalue weighted by Crippen LogP contribution is 2.35. The number of hydrogen-bond acceptors (Lipinski definition) is 3. The van der Waals surface area contributed by atoms with Crippen molar-refractivity contribution >= 4 is 34.6 Å². The average molecular weight is 574 g/mol. The Morgan fingerprint density at radius 3 is 1.36 bits per heavy atom. The van der Waals surface area contributed by atoms with Crippen LogP contribution < -0.4 is 9.80 Å². The third-order valence-corrected chi connectivity index (χ3v) is 9.61. The van der Waals surface area contributed by atoms with Gasteiger partial charge in [-0.15, -0.1) is 0 Å². The van der Waals surface area contributed by atoms with Gasteiger partial charge in [-0.3, -0.25) is 0 Å². The van der Waals surface area contributed by atoms with Gasteiger partial charge in [0, 0.05) is 26.2 Å². The summed E-state index contributed by atoms with van der Waals surface area (Å²) in [6.45, 7) is 13.6. The Morgan fingerprint density at radius 1 is 0.641 bits per heavy atom. The number of ether oxygens (including phenoxy) is 1. The standard InChI is InChI=1S/C34H50Cl2N2O/c1-5-29(21-25(3)27-13-15-33(31(35)23-27)37-17-9-7-10-18-37)39-30(6-2)22-26(4)28-14-16-34(32(36)24-28)38-19-11-8-12-20-38/h13-16,23-26,29-30H,5-12,17-22H2,1-4H3. The minimum absolute atomic E-state index is 0.239. The molecule has 0 bridgehead atoms. The SMILES string of the molecule is CCC(CC(C)c1ccc(N2CCCCC2)c(Cl)c1)OC(CC)CC(C)c1ccc(N2CCCCC2)c(Cl)c1. The van der Waals surface area contributed by atoms with Crippen LogP contribution in [0.3, 0.4) is 0 Å². The number of benzene rings is 2. The van der Waals surface area contributed by atoms with Crippen LogP contribution in [0.1, 0.15) is 115 Å². The second-order valence-electron chi connectivity index (χ2n) is 12.0. The van der Waals surface area contributed by atoms with Gasteiger partial charge in [-0.1, -0.05) is 63.0 Å². The second-order valence-corrected chi connectivity index (χ2v) is 12.8. The lowest BCUT2D eigenvalue weighted by molar-refractivity contribution is -0.0286. The fraction of sp³-hybridized carbons (Fsp3) is 0.647. The van der Waals surface area contributed by atoms with Gasteiger partial charge in [0.05, 0.1) is 33.6 Å². The molecule has 3 nitrogen and oxygen atoms in total. The largest absolute Gasteiger partial charge is 0.375 e. The van der Waals surface area contributed by atoms with Gasteiger partial charge in [0.25, 0.3) is 0 Å². The van der Waals surface area contributed by atoms with Crippen LogP contribution in [0.2, 0.25) is 10.0 Å². The van der Waals surface area contributed by atoms with Gasteiger partial charge < -0.3 is 14.5 Å². The molecule has 39 heavy (non-hydrogen) atoms. The van der Waals surface area contributed by atoms with Crippen molar-refractivity contribution in [2.75, 3.05) is 36.0 Å². The lowest BCUT2D eigenvalue weighted by atomic mass is 9.92. The van der Waals surface area contributed by atoms with E-state index < -0.39 is 0 Å². The Kier molecular flexibility index (Phi) is 11.7. The summed E-state index contributed by atoms with van der Waals surface area (Å²) in [6, 6.07) is 13.4. The predicted octanol–water partition coefficient (Wildman–Crippen LogP) is 10.2. The van der Waals surface area contributed by atoms with E-state index in [2.05, 4.69) is 73.9 Å². The topological polar surface area (TPSA) is 15.7 Å². The van der Waals surface area contributed by atoms with Gasteiger partial charge in [0.2, 0.25) is 0 Å². The quantitative estimate of drug-likeness (QED) is 0.251. The van der Waals surface area contributed by atoms with E-state index in [9.17, 15) is 0 Å². The number of anilines is 2. The average Bonchev–Trinajstić information content (AvgIpc) is 2.96. The Labute approximate surface area is 248 Å². The Balaban J connectivity index is 1.33. The van der Waals surface area contributed by atoms with E-state index in [0.29, 0.717) is 11.8 Å². The van der Waals surface area contributed by atoms with E-state index in [1.54, 1.807) is 0 Å². The minimum atomic E-state index is 0.239. The Morgan fingerprint density at radius 2 is 1.03 bits per heavy atom. The van der Waals surface area contributed by atoms with Crippen LogP contribution in [-0.4, -0.2) is 38.4 Å². The molecule has 5 heteroatoms. The molecule has 2 heterocycles. The van der Waals surface area contributed by atoms with Gasteiger partial charge in [-0.25, -0.2) is 0 Å². The van der Waals surface area contributed by atoms with Crippen molar-refractivity contribution in [2.45, 2.75) is 116 Å². The highest BCUT2D eigenvalue weighted by Gasteiger charge is 2.22. The van der Waals surface area contributed by atoms with Gasteiger partial charge in [-0.05, 0) is 111 Å². The van der Waals surface area contributed by atoms with Crippen molar-refractivity contribution < 1.29 is 4.74 Å². The maximum Gasteiger partial charge on any atom is 0.0642 e. The first-order valence-corrected chi connectivity index (χ1v) is 16.4. The van der Waals surface area contributed by atoms with E-state index in [1.165, 1.54) is 61.0 Å². The number of halogens is 2. The zero-order valence-corrected chi connectivity index (χ0v) is 26.2. The summed E-state index contributed by atoms with van der Waals surface area (Å²) in [5, 5.41) is 1.78. The molecule has 0 spiro atoms. The summed E-state index contributed by atoms with van der Waals surface area (Å²) < 4.78 is 6.75. The highest BCUT2D eigenvalue weighted by atomic mass is 35.5. The lowest BCUT2D eigenvalue weighted by Gasteiger charge is -2.31.